The van der Waals surface area contributed by atoms with Crippen LogP contribution in [0.15, 0.2) is 59.5 Å². The smallest absolute Gasteiger partial charge is 0.264 e. The van der Waals surface area contributed by atoms with Crippen molar-refractivity contribution in [2.75, 3.05) is 10.8 Å². The predicted molar refractivity (Wildman–Crippen MR) is 96.0 cm³/mol. The van der Waals surface area contributed by atoms with Gasteiger partial charge in [-0.25, -0.2) is 8.42 Å². The van der Waals surface area contributed by atoms with Crippen LogP contribution < -0.4 is 4.31 Å². The van der Waals surface area contributed by atoms with Crippen LogP contribution in [0.4, 0.5) is 5.69 Å². The van der Waals surface area contributed by atoms with Gasteiger partial charge in [0.2, 0.25) is 0 Å². The molecule has 0 radical (unpaired) electrons. The first-order valence-corrected chi connectivity index (χ1v) is 9.74. The van der Waals surface area contributed by atoms with E-state index in [1.807, 2.05) is 42.5 Å². The highest BCUT2D eigenvalue weighted by molar-refractivity contribution is 7.93. The minimum absolute atomic E-state index is 0.432. The van der Waals surface area contributed by atoms with E-state index >= 15 is 0 Å². The third kappa shape index (κ3) is 1.80. The quantitative estimate of drug-likeness (QED) is 0.716. The van der Waals surface area contributed by atoms with Crippen molar-refractivity contribution in [1.29, 1.82) is 0 Å². The van der Waals surface area contributed by atoms with Crippen molar-refractivity contribution in [1.82, 2.24) is 0 Å². The molecule has 24 heavy (non-hydrogen) atoms. The third-order valence-corrected chi connectivity index (χ3v) is 7.12. The molecule has 4 heteroatoms. The molecule has 0 aromatic heterocycles. The number of aryl methyl sites for hydroxylation is 2. The maximum absolute atomic E-state index is 13.4. The van der Waals surface area contributed by atoms with Crippen LogP contribution in [0.25, 0.3) is 10.8 Å². The average molecular weight is 335 g/mol. The zero-order chi connectivity index (χ0) is 16.3. The summed E-state index contributed by atoms with van der Waals surface area (Å²) in [4.78, 5) is 0.432. The highest BCUT2D eigenvalue weighted by Gasteiger charge is 2.32. The minimum Gasteiger partial charge on any atom is -0.266 e. The van der Waals surface area contributed by atoms with Crippen molar-refractivity contribution in [3.8, 4) is 0 Å². The Morgan fingerprint density at radius 2 is 1.50 bits per heavy atom. The van der Waals surface area contributed by atoms with E-state index in [-0.39, 0.29) is 0 Å². The summed E-state index contributed by atoms with van der Waals surface area (Å²) in [6.45, 7) is 0.518. The fourth-order valence-corrected chi connectivity index (χ4v) is 5.82. The summed E-state index contributed by atoms with van der Waals surface area (Å²) in [6, 6.07) is 17.6. The molecule has 0 amide bonds. The van der Waals surface area contributed by atoms with Crippen molar-refractivity contribution in [2.45, 2.75) is 24.2 Å². The molecule has 0 spiro atoms. The summed E-state index contributed by atoms with van der Waals surface area (Å²) < 4.78 is 28.3. The Morgan fingerprint density at radius 1 is 0.750 bits per heavy atom. The van der Waals surface area contributed by atoms with Gasteiger partial charge in [0.05, 0.1) is 10.6 Å². The van der Waals surface area contributed by atoms with Crippen molar-refractivity contribution in [3.05, 3.63) is 71.3 Å². The van der Waals surface area contributed by atoms with Gasteiger partial charge >= 0.3 is 0 Å². The third-order valence-electron chi connectivity index (χ3n) is 5.25. The fraction of sp³-hybridized carbons (Fsp3) is 0.200. The van der Waals surface area contributed by atoms with Crippen LogP contribution in [0.1, 0.15) is 16.7 Å². The monoisotopic (exact) mass is 335 g/mol. The number of fused-ring (bicyclic) bond motifs is 1. The fourth-order valence-electron chi connectivity index (χ4n) is 4.12. The van der Waals surface area contributed by atoms with Crippen LogP contribution in [0.3, 0.4) is 0 Å². The summed E-state index contributed by atoms with van der Waals surface area (Å²) >= 11 is 0. The normalized spacial score (nSPS) is 15.9. The Kier molecular flexibility index (Phi) is 2.83. The molecule has 0 atom stereocenters. The number of hydrogen-bond donors (Lipinski definition) is 0. The molecule has 3 aromatic rings. The molecular formula is C20H17NO2S. The van der Waals surface area contributed by atoms with Gasteiger partial charge in [0, 0.05) is 11.9 Å². The van der Waals surface area contributed by atoms with Crippen LogP contribution in [0.2, 0.25) is 0 Å². The van der Waals surface area contributed by atoms with Crippen LogP contribution in [-0.2, 0) is 29.3 Å². The second kappa shape index (κ2) is 4.84. The SMILES string of the molecule is O=S(=O)(c1ccc2c3c(cccc13)CC2)N1CCc2ccccc21. The van der Waals surface area contributed by atoms with Crippen LogP contribution in [-0.4, -0.2) is 15.0 Å². The predicted octanol–water partition coefficient (Wildman–Crippen LogP) is 3.69. The van der Waals surface area contributed by atoms with Gasteiger partial charge in [-0.1, -0.05) is 42.5 Å². The largest absolute Gasteiger partial charge is 0.266 e. The number of nitrogens with zero attached hydrogens (tertiary/aromatic N) is 1. The summed E-state index contributed by atoms with van der Waals surface area (Å²) in [5.41, 5.74) is 4.45. The standard InChI is InChI=1S/C20H17NO2S/c22-24(23,21-13-12-14-4-1-2-7-18(14)21)19-11-10-16-9-8-15-5-3-6-17(19)20(15)16/h1-7,10-11H,8-9,12-13H2. The Morgan fingerprint density at radius 3 is 2.38 bits per heavy atom. The highest BCUT2D eigenvalue weighted by Crippen LogP contribution is 2.38. The van der Waals surface area contributed by atoms with Crippen molar-refractivity contribution >= 4 is 26.5 Å². The molecule has 0 unspecified atom stereocenters. The maximum Gasteiger partial charge on any atom is 0.264 e. The number of sulfonamides is 1. The van der Waals surface area contributed by atoms with Crippen LogP contribution in [0.5, 0.6) is 0 Å². The van der Waals surface area contributed by atoms with Crippen molar-refractivity contribution in [2.24, 2.45) is 0 Å². The van der Waals surface area contributed by atoms with E-state index in [1.54, 1.807) is 10.4 Å². The van der Waals surface area contributed by atoms with E-state index in [4.69, 9.17) is 0 Å². The molecule has 0 N–H and O–H groups in total. The molecule has 2 aliphatic rings. The summed E-state index contributed by atoms with van der Waals surface area (Å²) in [6.07, 6.45) is 2.78. The number of rotatable bonds is 2. The number of hydrogen-bond acceptors (Lipinski definition) is 2. The topological polar surface area (TPSA) is 37.4 Å². The molecule has 5 rings (SSSR count). The maximum atomic E-state index is 13.4. The van der Waals surface area contributed by atoms with Gasteiger partial charge < -0.3 is 0 Å². The van der Waals surface area contributed by atoms with E-state index in [0.29, 0.717) is 11.4 Å². The number of para-hydroxylation sites is 1. The zero-order valence-electron chi connectivity index (χ0n) is 13.2. The first-order chi connectivity index (χ1) is 11.7. The summed E-state index contributed by atoms with van der Waals surface area (Å²) in [5.74, 6) is 0. The van der Waals surface area contributed by atoms with Gasteiger partial charge in [0.15, 0.2) is 0 Å². The first-order valence-electron chi connectivity index (χ1n) is 8.30. The Hall–Kier alpha value is -2.33. The molecule has 1 aliphatic heterocycles. The molecule has 0 saturated heterocycles. The zero-order valence-corrected chi connectivity index (χ0v) is 14.0. The Labute approximate surface area is 141 Å². The molecule has 3 nitrogen and oxygen atoms in total. The minimum atomic E-state index is -3.55. The lowest BCUT2D eigenvalue weighted by molar-refractivity contribution is 0.593. The molecule has 1 heterocycles. The number of anilines is 1. The van der Waals surface area contributed by atoms with Crippen LogP contribution >= 0.6 is 0 Å². The second-order valence-corrected chi connectivity index (χ2v) is 8.35. The lowest BCUT2D eigenvalue weighted by Gasteiger charge is -2.21. The second-order valence-electron chi connectivity index (χ2n) is 6.52. The van der Waals surface area contributed by atoms with Gasteiger partial charge in [-0.3, -0.25) is 4.31 Å². The van der Waals surface area contributed by atoms with Gasteiger partial charge in [0.1, 0.15) is 0 Å². The Bertz CT molecular complexity index is 1080. The molecule has 0 saturated carbocycles. The lowest BCUT2D eigenvalue weighted by Crippen LogP contribution is -2.29. The van der Waals surface area contributed by atoms with Crippen molar-refractivity contribution < 1.29 is 8.42 Å². The summed E-state index contributed by atoms with van der Waals surface area (Å²) in [5, 5.41) is 2.01. The van der Waals surface area contributed by atoms with Crippen LogP contribution in [0, 0.1) is 0 Å². The highest BCUT2D eigenvalue weighted by atomic mass is 32.2. The molecule has 1 aliphatic carbocycles. The lowest BCUT2D eigenvalue weighted by atomic mass is 10.1. The molecular weight excluding hydrogens is 318 g/mol. The van der Waals surface area contributed by atoms with E-state index in [9.17, 15) is 8.42 Å². The van der Waals surface area contributed by atoms with E-state index < -0.39 is 10.0 Å². The van der Waals surface area contributed by atoms with Gasteiger partial charge in [-0.2, -0.15) is 0 Å². The van der Waals surface area contributed by atoms with E-state index in [2.05, 4.69) is 6.07 Å². The molecule has 0 bridgehead atoms. The summed E-state index contributed by atoms with van der Waals surface area (Å²) in [7, 11) is -3.55. The van der Waals surface area contributed by atoms with E-state index in [0.717, 1.165) is 41.3 Å². The first kappa shape index (κ1) is 14.1. The molecule has 3 aromatic carbocycles. The average Bonchev–Trinajstić information content (AvgIpc) is 3.21. The van der Waals surface area contributed by atoms with E-state index in [1.165, 1.54) is 11.1 Å². The molecule has 0 fully saturated rings. The number of benzene rings is 3. The van der Waals surface area contributed by atoms with Gasteiger partial charge in [0.25, 0.3) is 10.0 Å². The van der Waals surface area contributed by atoms with Crippen molar-refractivity contribution in [3.63, 3.8) is 0 Å². The Balaban J connectivity index is 1.74. The van der Waals surface area contributed by atoms with Gasteiger partial charge in [-0.15, -0.1) is 0 Å². The van der Waals surface area contributed by atoms with Gasteiger partial charge in [-0.05, 0) is 53.5 Å². The molecule has 120 valence electrons.